The van der Waals surface area contributed by atoms with Gasteiger partial charge in [-0.25, -0.2) is 0 Å². The van der Waals surface area contributed by atoms with Gasteiger partial charge in [0.05, 0.1) is 13.2 Å². The maximum atomic E-state index is 11.8. The van der Waals surface area contributed by atoms with Crippen LogP contribution in [0.1, 0.15) is 24.3 Å². The molecule has 7 nitrogen and oxygen atoms in total. The molecule has 0 unspecified atom stereocenters. The van der Waals surface area contributed by atoms with E-state index in [1.807, 2.05) is 60.7 Å². The summed E-state index contributed by atoms with van der Waals surface area (Å²) in [7, 11) is 1.51. The van der Waals surface area contributed by atoms with Crippen molar-refractivity contribution in [3.63, 3.8) is 0 Å². The SMILES string of the molecule is CO[C@H]1O[C@@H]2CO[C@@H](c3ccccc3)O[C@H]2[C@H](OCc2ccccc2)[C@@H]1OC(C)=O. The van der Waals surface area contributed by atoms with Crippen molar-refractivity contribution in [2.75, 3.05) is 13.7 Å². The Hall–Kier alpha value is -2.29. The highest BCUT2D eigenvalue weighted by Crippen LogP contribution is 2.36. The number of hydrogen-bond acceptors (Lipinski definition) is 7. The maximum absolute atomic E-state index is 11.8. The fraction of sp³-hybridized carbons (Fsp3) is 0.435. The minimum atomic E-state index is -0.781. The van der Waals surface area contributed by atoms with Gasteiger partial charge in [-0.05, 0) is 5.56 Å². The van der Waals surface area contributed by atoms with E-state index in [1.165, 1.54) is 14.0 Å². The third-order valence-corrected chi connectivity index (χ3v) is 5.18. The summed E-state index contributed by atoms with van der Waals surface area (Å²) in [4.78, 5) is 11.8. The number of carbonyl (C=O) groups is 1. The summed E-state index contributed by atoms with van der Waals surface area (Å²) >= 11 is 0. The van der Waals surface area contributed by atoms with E-state index in [9.17, 15) is 4.79 Å². The highest BCUT2D eigenvalue weighted by atomic mass is 16.8. The first-order chi connectivity index (χ1) is 14.7. The van der Waals surface area contributed by atoms with Crippen molar-refractivity contribution >= 4 is 5.97 Å². The third-order valence-electron chi connectivity index (χ3n) is 5.18. The minimum absolute atomic E-state index is 0.308. The Balaban J connectivity index is 1.58. The molecule has 4 rings (SSSR count). The molecule has 7 heteroatoms. The van der Waals surface area contributed by atoms with Crippen LogP contribution in [0.3, 0.4) is 0 Å². The van der Waals surface area contributed by atoms with Crippen LogP contribution in [0.15, 0.2) is 60.7 Å². The third kappa shape index (κ3) is 4.71. The molecule has 6 atom stereocenters. The zero-order valence-electron chi connectivity index (χ0n) is 17.0. The fourth-order valence-electron chi connectivity index (χ4n) is 3.79. The van der Waals surface area contributed by atoms with Crippen LogP contribution in [0.2, 0.25) is 0 Å². The molecular formula is C23H26O7. The lowest BCUT2D eigenvalue weighted by Crippen LogP contribution is -2.63. The summed E-state index contributed by atoms with van der Waals surface area (Å²) in [6.45, 7) is 2.00. The van der Waals surface area contributed by atoms with Gasteiger partial charge in [0.15, 0.2) is 18.7 Å². The topological polar surface area (TPSA) is 72.5 Å². The minimum Gasteiger partial charge on any atom is -0.454 e. The highest BCUT2D eigenvalue weighted by molar-refractivity contribution is 5.66. The largest absolute Gasteiger partial charge is 0.454 e. The van der Waals surface area contributed by atoms with Crippen LogP contribution in [0, 0.1) is 0 Å². The summed E-state index contributed by atoms with van der Waals surface area (Å²) in [6.07, 6.45) is -3.61. The zero-order chi connectivity index (χ0) is 20.9. The number of hydrogen-bond donors (Lipinski definition) is 0. The van der Waals surface area contributed by atoms with E-state index in [2.05, 4.69) is 0 Å². The van der Waals surface area contributed by atoms with Gasteiger partial charge in [0, 0.05) is 19.6 Å². The molecule has 0 spiro atoms. The lowest BCUT2D eigenvalue weighted by Gasteiger charge is -2.48. The summed E-state index contributed by atoms with van der Waals surface area (Å²) in [5, 5.41) is 0. The van der Waals surface area contributed by atoms with E-state index < -0.39 is 43.0 Å². The predicted octanol–water partition coefficient (Wildman–Crippen LogP) is 2.99. The quantitative estimate of drug-likeness (QED) is 0.673. The first-order valence-electron chi connectivity index (χ1n) is 9.98. The lowest BCUT2D eigenvalue weighted by atomic mass is 9.97. The Morgan fingerprint density at radius 3 is 2.37 bits per heavy atom. The number of methoxy groups -OCH3 is 1. The van der Waals surface area contributed by atoms with E-state index in [0.29, 0.717) is 13.2 Å². The summed E-state index contributed by atoms with van der Waals surface area (Å²) in [6, 6.07) is 19.5. The van der Waals surface area contributed by atoms with Gasteiger partial charge in [0.25, 0.3) is 0 Å². The molecule has 0 N–H and O–H groups in total. The van der Waals surface area contributed by atoms with Crippen molar-refractivity contribution in [3.05, 3.63) is 71.8 Å². The number of rotatable bonds is 6. The van der Waals surface area contributed by atoms with E-state index in [-0.39, 0.29) is 0 Å². The van der Waals surface area contributed by atoms with Crippen LogP contribution < -0.4 is 0 Å². The summed E-state index contributed by atoms with van der Waals surface area (Å²) < 4.78 is 35.4. The number of carbonyl (C=O) groups excluding carboxylic acids is 1. The van der Waals surface area contributed by atoms with E-state index in [4.69, 9.17) is 28.4 Å². The Bertz CT molecular complexity index is 813. The first-order valence-corrected chi connectivity index (χ1v) is 9.98. The van der Waals surface area contributed by atoms with Gasteiger partial charge in [-0.1, -0.05) is 60.7 Å². The molecule has 0 saturated carbocycles. The Kier molecular flexibility index (Phi) is 6.76. The predicted molar refractivity (Wildman–Crippen MR) is 106 cm³/mol. The Labute approximate surface area is 175 Å². The second-order valence-corrected chi connectivity index (χ2v) is 7.29. The molecule has 2 aromatic carbocycles. The van der Waals surface area contributed by atoms with Crippen LogP contribution in [0.25, 0.3) is 0 Å². The van der Waals surface area contributed by atoms with Gasteiger partial charge < -0.3 is 28.4 Å². The molecule has 2 heterocycles. The molecule has 2 aliphatic rings. The number of fused-ring (bicyclic) bond motifs is 1. The number of benzene rings is 2. The molecule has 0 bridgehead atoms. The highest BCUT2D eigenvalue weighted by Gasteiger charge is 2.52. The van der Waals surface area contributed by atoms with E-state index in [0.717, 1.165) is 11.1 Å². The molecule has 0 amide bonds. The van der Waals surface area contributed by atoms with E-state index in [1.54, 1.807) is 0 Å². The molecule has 2 aliphatic heterocycles. The van der Waals surface area contributed by atoms with Gasteiger partial charge in [0.1, 0.15) is 18.3 Å². The molecule has 2 aromatic rings. The molecule has 2 fully saturated rings. The average molecular weight is 414 g/mol. The second kappa shape index (κ2) is 9.68. The molecular weight excluding hydrogens is 388 g/mol. The Morgan fingerprint density at radius 1 is 1.00 bits per heavy atom. The first kappa shape index (κ1) is 21.0. The van der Waals surface area contributed by atoms with Crippen LogP contribution >= 0.6 is 0 Å². The van der Waals surface area contributed by atoms with Crippen molar-refractivity contribution in [3.8, 4) is 0 Å². The van der Waals surface area contributed by atoms with E-state index >= 15 is 0 Å². The summed E-state index contributed by atoms with van der Waals surface area (Å²) in [5.41, 5.74) is 1.90. The summed E-state index contributed by atoms with van der Waals surface area (Å²) in [5.74, 6) is -0.441. The molecule has 0 radical (unpaired) electrons. The van der Waals surface area contributed by atoms with Crippen molar-refractivity contribution in [2.24, 2.45) is 0 Å². The molecule has 30 heavy (non-hydrogen) atoms. The maximum Gasteiger partial charge on any atom is 0.303 e. The normalized spacial score (nSPS) is 31.0. The molecule has 2 saturated heterocycles. The standard InChI is InChI=1S/C23H26O7/c1-15(24)28-21-20(26-13-16-9-5-3-6-10-16)19-18(29-23(21)25-2)14-27-22(30-19)17-11-7-4-8-12-17/h3-12,18-23H,13-14H2,1-2H3/t18-,19-,20+,21+,22-,23+/m1/s1. The Morgan fingerprint density at radius 2 is 1.70 bits per heavy atom. The monoisotopic (exact) mass is 414 g/mol. The van der Waals surface area contributed by atoms with Crippen molar-refractivity contribution in [1.82, 2.24) is 0 Å². The van der Waals surface area contributed by atoms with Crippen molar-refractivity contribution in [2.45, 2.75) is 50.5 Å². The van der Waals surface area contributed by atoms with Gasteiger partial charge in [-0.15, -0.1) is 0 Å². The van der Waals surface area contributed by atoms with Crippen LogP contribution in [0.5, 0.6) is 0 Å². The second-order valence-electron chi connectivity index (χ2n) is 7.29. The zero-order valence-corrected chi connectivity index (χ0v) is 17.0. The van der Waals surface area contributed by atoms with Gasteiger partial charge >= 0.3 is 5.97 Å². The fourth-order valence-corrected chi connectivity index (χ4v) is 3.79. The van der Waals surface area contributed by atoms with Crippen molar-refractivity contribution in [1.29, 1.82) is 0 Å². The number of esters is 1. The van der Waals surface area contributed by atoms with Crippen LogP contribution in [-0.2, 0) is 39.8 Å². The van der Waals surface area contributed by atoms with Gasteiger partial charge in [0.2, 0.25) is 0 Å². The molecule has 0 aliphatic carbocycles. The van der Waals surface area contributed by atoms with Crippen LogP contribution in [0.4, 0.5) is 0 Å². The number of ether oxygens (including phenoxy) is 6. The van der Waals surface area contributed by atoms with Gasteiger partial charge in [-0.3, -0.25) is 4.79 Å². The lowest BCUT2D eigenvalue weighted by molar-refractivity contribution is -0.364. The average Bonchev–Trinajstić information content (AvgIpc) is 2.78. The van der Waals surface area contributed by atoms with Crippen molar-refractivity contribution < 1.29 is 33.2 Å². The smallest absolute Gasteiger partial charge is 0.303 e. The van der Waals surface area contributed by atoms with Crippen LogP contribution in [-0.4, -0.2) is 50.4 Å². The molecule has 0 aromatic heterocycles. The van der Waals surface area contributed by atoms with Gasteiger partial charge in [-0.2, -0.15) is 0 Å². The molecule has 160 valence electrons.